The summed E-state index contributed by atoms with van der Waals surface area (Å²) in [4.78, 5) is 11.0. The quantitative estimate of drug-likeness (QED) is 0.668. The summed E-state index contributed by atoms with van der Waals surface area (Å²) in [5.41, 5.74) is 10.7. The first-order valence-electron chi connectivity index (χ1n) is 5.88. The standard InChI is InChI=1S/C11H13Cl2N3O4S/c12-5-1-7(13)10(8(14)2-5)21(19,20)16-4-6(17)3-9(16)11(15)18/h1-2,6,9,17H,3-4,14H2,(H2,15,18). The topological polar surface area (TPSA) is 127 Å². The fourth-order valence-corrected chi connectivity index (χ4v) is 4.87. The summed E-state index contributed by atoms with van der Waals surface area (Å²) in [5.74, 6) is -0.848. The Morgan fingerprint density at radius 1 is 1.38 bits per heavy atom. The van der Waals surface area contributed by atoms with Crippen LogP contribution in [0.3, 0.4) is 0 Å². The number of halogens is 2. The van der Waals surface area contributed by atoms with Crippen molar-refractivity contribution in [3.8, 4) is 0 Å². The monoisotopic (exact) mass is 353 g/mol. The number of aliphatic hydroxyl groups is 1. The van der Waals surface area contributed by atoms with Crippen LogP contribution in [0, 0.1) is 0 Å². The third-order valence-corrected chi connectivity index (χ3v) is 5.79. The second kappa shape index (κ2) is 5.62. The van der Waals surface area contributed by atoms with Gasteiger partial charge in [0.05, 0.1) is 16.8 Å². The summed E-state index contributed by atoms with van der Waals surface area (Å²) < 4.78 is 26.1. The Balaban J connectivity index is 2.55. The van der Waals surface area contributed by atoms with Crippen LogP contribution in [0.5, 0.6) is 0 Å². The Bertz CT molecular complexity index is 672. The number of β-amino-alcohol motifs (C(OH)–C–C–N with tert-alkyl or cyclic N) is 1. The maximum Gasteiger partial charge on any atom is 0.247 e. The fourth-order valence-electron chi connectivity index (χ4n) is 2.28. The van der Waals surface area contributed by atoms with Crippen LogP contribution in [0.2, 0.25) is 10.0 Å². The molecule has 1 aliphatic heterocycles. The minimum atomic E-state index is -4.19. The Morgan fingerprint density at radius 2 is 2.00 bits per heavy atom. The van der Waals surface area contributed by atoms with E-state index in [2.05, 4.69) is 0 Å². The molecule has 1 heterocycles. The van der Waals surface area contributed by atoms with Crippen molar-refractivity contribution < 1.29 is 18.3 Å². The normalized spacial score (nSPS) is 23.4. The zero-order valence-corrected chi connectivity index (χ0v) is 13.0. The lowest BCUT2D eigenvalue weighted by atomic mass is 10.2. The molecule has 7 nitrogen and oxygen atoms in total. The van der Waals surface area contributed by atoms with Gasteiger partial charge in [-0.2, -0.15) is 4.31 Å². The Hall–Kier alpha value is -1.06. The van der Waals surface area contributed by atoms with E-state index in [1.165, 1.54) is 12.1 Å². The first-order valence-corrected chi connectivity index (χ1v) is 8.08. The minimum absolute atomic E-state index is 0.0698. The molecule has 1 amide bonds. The van der Waals surface area contributed by atoms with Crippen LogP contribution < -0.4 is 11.5 Å². The van der Waals surface area contributed by atoms with Gasteiger partial charge in [0.1, 0.15) is 10.9 Å². The molecule has 2 rings (SSSR count). The van der Waals surface area contributed by atoms with E-state index in [1.54, 1.807) is 0 Å². The molecule has 1 saturated heterocycles. The molecule has 2 atom stereocenters. The summed E-state index contributed by atoms with van der Waals surface area (Å²) in [5, 5.41) is 9.63. The number of benzene rings is 1. The third kappa shape index (κ3) is 2.95. The summed E-state index contributed by atoms with van der Waals surface area (Å²) >= 11 is 11.7. The van der Waals surface area contributed by atoms with Crippen molar-refractivity contribution in [2.75, 3.05) is 12.3 Å². The number of amides is 1. The highest BCUT2D eigenvalue weighted by Gasteiger charge is 2.43. The van der Waals surface area contributed by atoms with Crippen molar-refractivity contribution in [1.29, 1.82) is 0 Å². The molecule has 0 bridgehead atoms. The lowest BCUT2D eigenvalue weighted by molar-refractivity contribution is -0.121. The highest BCUT2D eigenvalue weighted by Crippen LogP contribution is 2.35. The number of primary amides is 1. The smallest absolute Gasteiger partial charge is 0.247 e. The van der Waals surface area contributed by atoms with E-state index in [1.807, 2.05) is 0 Å². The third-order valence-electron chi connectivity index (χ3n) is 3.17. The van der Waals surface area contributed by atoms with Gasteiger partial charge in [-0.05, 0) is 12.1 Å². The van der Waals surface area contributed by atoms with E-state index in [9.17, 15) is 18.3 Å². The second-order valence-electron chi connectivity index (χ2n) is 4.69. The van der Waals surface area contributed by atoms with Crippen molar-refractivity contribution in [2.45, 2.75) is 23.5 Å². The van der Waals surface area contributed by atoms with Gasteiger partial charge in [0.2, 0.25) is 15.9 Å². The SMILES string of the molecule is NC(=O)C1CC(O)CN1S(=O)(=O)c1c(N)cc(Cl)cc1Cl. The van der Waals surface area contributed by atoms with Crippen LogP contribution in [0.15, 0.2) is 17.0 Å². The molecule has 1 fully saturated rings. The van der Waals surface area contributed by atoms with Gasteiger partial charge in [0, 0.05) is 18.0 Å². The molecule has 0 spiro atoms. The van der Waals surface area contributed by atoms with Gasteiger partial charge in [-0.3, -0.25) is 4.79 Å². The van der Waals surface area contributed by atoms with Crippen LogP contribution in [0.25, 0.3) is 0 Å². The van der Waals surface area contributed by atoms with E-state index >= 15 is 0 Å². The largest absolute Gasteiger partial charge is 0.398 e. The van der Waals surface area contributed by atoms with E-state index in [0.717, 1.165) is 4.31 Å². The average Bonchev–Trinajstić information content (AvgIpc) is 2.70. The van der Waals surface area contributed by atoms with Gasteiger partial charge in [-0.15, -0.1) is 0 Å². The number of nitrogens with two attached hydrogens (primary N) is 2. The molecule has 1 aromatic carbocycles. The van der Waals surface area contributed by atoms with Crippen LogP contribution >= 0.6 is 23.2 Å². The minimum Gasteiger partial charge on any atom is -0.398 e. The van der Waals surface area contributed by atoms with E-state index in [-0.39, 0.29) is 33.6 Å². The zero-order chi connectivity index (χ0) is 15.9. The molecule has 21 heavy (non-hydrogen) atoms. The Kier molecular flexibility index (Phi) is 4.36. The molecular weight excluding hydrogens is 341 g/mol. The molecule has 1 aliphatic rings. The molecule has 1 aromatic rings. The maximum absolute atomic E-state index is 12.6. The van der Waals surface area contributed by atoms with Crippen molar-refractivity contribution in [1.82, 2.24) is 4.31 Å². The first-order chi connectivity index (χ1) is 9.64. The highest BCUT2D eigenvalue weighted by molar-refractivity contribution is 7.89. The Morgan fingerprint density at radius 3 is 2.52 bits per heavy atom. The molecule has 5 N–H and O–H groups in total. The number of hydrogen-bond donors (Lipinski definition) is 3. The molecular formula is C11H13Cl2N3O4S. The van der Waals surface area contributed by atoms with Crippen molar-refractivity contribution in [3.63, 3.8) is 0 Å². The predicted molar refractivity (Wildman–Crippen MR) is 78.4 cm³/mol. The number of carbonyl (C=O) groups is 1. The van der Waals surface area contributed by atoms with Gasteiger partial charge < -0.3 is 16.6 Å². The number of carbonyl (C=O) groups excluding carboxylic acids is 1. The van der Waals surface area contributed by atoms with Gasteiger partial charge in [-0.25, -0.2) is 8.42 Å². The molecule has 10 heteroatoms. The highest BCUT2D eigenvalue weighted by atomic mass is 35.5. The number of nitrogens with zero attached hydrogens (tertiary/aromatic N) is 1. The van der Waals surface area contributed by atoms with Gasteiger partial charge in [0.25, 0.3) is 0 Å². The van der Waals surface area contributed by atoms with Crippen LogP contribution in [0.1, 0.15) is 6.42 Å². The van der Waals surface area contributed by atoms with Crippen molar-refractivity contribution in [2.24, 2.45) is 5.73 Å². The van der Waals surface area contributed by atoms with Crippen LogP contribution in [-0.2, 0) is 14.8 Å². The molecule has 116 valence electrons. The molecule has 0 aromatic heterocycles. The van der Waals surface area contributed by atoms with E-state index < -0.39 is 28.1 Å². The molecule has 0 saturated carbocycles. The van der Waals surface area contributed by atoms with Crippen molar-refractivity contribution >= 4 is 44.8 Å². The summed E-state index contributed by atoms with van der Waals surface area (Å²) in [7, 11) is -4.19. The number of nitrogen functional groups attached to an aromatic ring is 1. The number of anilines is 1. The summed E-state index contributed by atoms with van der Waals surface area (Å²) in [6.07, 6.45) is -1.05. The molecule has 0 aliphatic carbocycles. The Labute approximate surface area is 131 Å². The predicted octanol–water partition coefficient (Wildman–Crippen LogP) is 0.185. The zero-order valence-electron chi connectivity index (χ0n) is 10.7. The fraction of sp³-hybridized carbons (Fsp3) is 0.364. The van der Waals surface area contributed by atoms with Crippen LogP contribution in [-0.4, -0.2) is 42.4 Å². The first kappa shape index (κ1) is 16.3. The number of rotatable bonds is 3. The lowest BCUT2D eigenvalue weighted by Gasteiger charge is -2.22. The number of hydrogen-bond acceptors (Lipinski definition) is 5. The number of aliphatic hydroxyl groups excluding tert-OH is 1. The summed E-state index contributed by atoms with van der Waals surface area (Å²) in [6, 6.07) is 1.33. The maximum atomic E-state index is 12.6. The number of sulfonamides is 1. The van der Waals surface area contributed by atoms with Gasteiger partial charge in [0.15, 0.2) is 0 Å². The van der Waals surface area contributed by atoms with E-state index in [4.69, 9.17) is 34.7 Å². The molecule has 2 unspecified atom stereocenters. The lowest BCUT2D eigenvalue weighted by Crippen LogP contribution is -2.43. The van der Waals surface area contributed by atoms with Crippen molar-refractivity contribution in [3.05, 3.63) is 22.2 Å². The van der Waals surface area contributed by atoms with Crippen LogP contribution in [0.4, 0.5) is 5.69 Å². The van der Waals surface area contributed by atoms with Gasteiger partial charge >= 0.3 is 0 Å². The average molecular weight is 354 g/mol. The van der Waals surface area contributed by atoms with Gasteiger partial charge in [-0.1, -0.05) is 23.2 Å². The second-order valence-corrected chi connectivity index (χ2v) is 7.36. The molecule has 0 radical (unpaired) electrons. The summed E-state index contributed by atoms with van der Waals surface area (Å²) in [6.45, 7) is -0.256. The van der Waals surface area contributed by atoms with E-state index in [0.29, 0.717) is 0 Å².